The van der Waals surface area contributed by atoms with Crippen molar-refractivity contribution in [3.63, 3.8) is 0 Å². The number of furan rings is 1. The van der Waals surface area contributed by atoms with Crippen LogP contribution in [0.15, 0.2) is 16.5 Å². The van der Waals surface area contributed by atoms with Gasteiger partial charge in [0.1, 0.15) is 11.7 Å². The largest absolute Gasteiger partial charge is 0.481 e. The molecule has 4 nitrogen and oxygen atoms in total. The van der Waals surface area contributed by atoms with Gasteiger partial charge in [0, 0.05) is 7.11 Å². The van der Waals surface area contributed by atoms with Gasteiger partial charge in [0.05, 0.1) is 6.61 Å². The Bertz CT molecular complexity index is 294. The van der Waals surface area contributed by atoms with Gasteiger partial charge in [-0.15, -0.1) is 0 Å². The average molecular weight is 205 g/mol. The maximum atomic E-state index is 10.7. The van der Waals surface area contributed by atoms with E-state index in [1.807, 2.05) is 0 Å². The zero-order valence-electron chi connectivity index (χ0n) is 6.99. The number of halogens is 1. The summed E-state index contributed by atoms with van der Waals surface area (Å²) in [6.45, 7) is 0.0686. The monoisotopic (exact) mass is 204 g/mol. The van der Waals surface area contributed by atoms with E-state index in [1.54, 1.807) is 0 Å². The predicted octanol–water partition coefficient (Wildman–Crippen LogP) is 1.75. The molecule has 0 radical (unpaired) electrons. The first-order valence-electron chi connectivity index (χ1n) is 3.62. The molecule has 0 saturated carbocycles. The van der Waals surface area contributed by atoms with Gasteiger partial charge in [-0.1, -0.05) is 0 Å². The first kappa shape index (κ1) is 10.1. The van der Waals surface area contributed by atoms with E-state index >= 15 is 0 Å². The molecule has 1 atom stereocenters. The second-order valence-electron chi connectivity index (χ2n) is 2.49. The number of hydrogen-bond acceptors (Lipinski definition) is 3. The molecular formula is C8H9ClO4. The van der Waals surface area contributed by atoms with Crippen molar-refractivity contribution < 1.29 is 19.1 Å². The number of aliphatic carboxylic acids is 1. The quantitative estimate of drug-likeness (QED) is 0.812. The second kappa shape index (κ2) is 4.30. The maximum absolute atomic E-state index is 10.7. The lowest BCUT2D eigenvalue weighted by atomic mass is 10.1. The molecule has 72 valence electrons. The highest BCUT2D eigenvalue weighted by Gasteiger charge is 2.22. The summed E-state index contributed by atoms with van der Waals surface area (Å²) in [5.74, 6) is -1.48. The van der Waals surface area contributed by atoms with Gasteiger partial charge in [0.15, 0.2) is 5.22 Å². The molecule has 0 aliphatic heterocycles. The molecule has 0 amide bonds. The van der Waals surface area contributed by atoms with Crippen LogP contribution < -0.4 is 0 Å². The third kappa shape index (κ3) is 2.47. The standard InChI is InChI=1S/C8H9ClO4/c1-12-4-5(8(10)11)6-2-3-7(9)13-6/h2-3,5H,4H2,1H3,(H,10,11). The molecule has 0 aromatic carbocycles. The Morgan fingerprint density at radius 1 is 1.77 bits per heavy atom. The minimum atomic E-state index is -0.993. The molecule has 0 saturated heterocycles. The highest BCUT2D eigenvalue weighted by molar-refractivity contribution is 6.28. The zero-order chi connectivity index (χ0) is 9.84. The van der Waals surface area contributed by atoms with Crippen LogP contribution in [0, 0.1) is 0 Å². The molecule has 1 rings (SSSR count). The SMILES string of the molecule is COCC(C(=O)O)c1ccc(Cl)o1. The molecule has 0 aliphatic carbocycles. The molecule has 1 heterocycles. The molecule has 5 heteroatoms. The first-order valence-corrected chi connectivity index (χ1v) is 4.00. The molecule has 0 aliphatic rings. The fourth-order valence-corrected chi connectivity index (χ4v) is 1.11. The smallest absolute Gasteiger partial charge is 0.316 e. The Balaban J connectivity index is 2.81. The molecule has 1 N–H and O–H groups in total. The average Bonchev–Trinajstić information content (AvgIpc) is 2.46. The van der Waals surface area contributed by atoms with E-state index in [9.17, 15) is 4.79 Å². The van der Waals surface area contributed by atoms with Crippen molar-refractivity contribution in [2.45, 2.75) is 5.92 Å². The fraction of sp³-hybridized carbons (Fsp3) is 0.375. The Labute approximate surface area is 80.1 Å². The van der Waals surface area contributed by atoms with Gasteiger partial charge < -0.3 is 14.3 Å². The Morgan fingerprint density at radius 2 is 2.46 bits per heavy atom. The molecule has 1 aromatic rings. The summed E-state index contributed by atoms with van der Waals surface area (Å²) in [7, 11) is 1.43. The lowest BCUT2D eigenvalue weighted by molar-refractivity contribution is -0.140. The lowest BCUT2D eigenvalue weighted by Crippen LogP contribution is -2.16. The van der Waals surface area contributed by atoms with Crippen molar-refractivity contribution in [1.29, 1.82) is 0 Å². The van der Waals surface area contributed by atoms with Crippen molar-refractivity contribution in [3.8, 4) is 0 Å². The summed E-state index contributed by atoms with van der Waals surface area (Å²) in [5.41, 5.74) is 0. The number of hydrogen-bond donors (Lipinski definition) is 1. The number of carboxylic acids is 1. The van der Waals surface area contributed by atoms with Crippen LogP contribution in [-0.2, 0) is 9.53 Å². The molecule has 13 heavy (non-hydrogen) atoms. The van der Waals surface area contributed by atoms with Crippen molar-refractivity contribution in [2.75, 3.05) is 13.7 Å². The van der Waals surface area contributed by atoms with E-state index < -0.39 is 11.9 Å². The summed E-state index contributed by atoms with van der Waals surface area (Å²) in [6.07, 6.45) is 0. The van der Waals surface area contributed by atoms with Crippen molar-refractivity contribution in [2.24, 2.45) is 0 Å². The number of carboxylic acid groups (broad SMARTS) is 1. The summed E-state index contributed by atoms with van der Waals surface area (Å²) in [6, 6.07) is 3.03. The molecule has 1 unspecified atom stereocenters. The van der Waals surface area contributed by atoms with Crippen LogP contribution in [0.25, 0.3) is 0 Å². The highest BCUT2D eigenvalue weighted by Crippen LogP contribution is 2.22. The number of rotatable bonds is 4. The van der Waals surface area contributed by atoms with Gasteiger partial charge in [-0.25, -0.2) is 0 Å². The van der Waals surface area contributed by atoms with E-state index in [0.29, 0.717) is 5.76 Å². The van der Waals surface area contributed by atoms with E-state index in [-0.39, 0.29) is 11.8 Å². The van der Waals surface area contributed by atoms with Crippen LogP contribution in [0.1, 0.15) is 11.7 Å². The fourth-order valence-electron chi connectivity index (χ4n) is 0.957. The zero-order valence-corrected chi connectivity index (χ0v) is 7.75. The summed E-state index contributed by atoms with van der Waals surface area (Å²) in [4.78, 5) is 10.7. The van der Waals surface area contributed by atoms with Gasteiger partial charge in [-0.05, 0) is 23.7 Å². The molecule has 0 bridgehead atoms. The van der Waals surface area contributed by atoms with Crippen LogP contribution in [0.4, 0.5) is 0 Å². The van der Waals surface area contributed by atoms with Crippen LogP contribution >= 0.6 is 11.6 Å². The highest BCUT2D eigenvalue weighted by atomic mass is 35.5. The number of carbonyl (C=O) groups is 1. The summed E-state index contributed by atoms with van der Waals surface area (Å²) >= 11 is 5.51. The van der Waals surface area contributed by atoms with Crippen LogP contribution in [0.2, 0.25) is 5.22 Å². The van der Waals surface area contributed by atoms with Crippen LogP contribution in [0.3, 0.4) is 0 Å². The van der Waals surface area contributed by atoms with Gasteiger partial charge in [-0.2, -0.15) is 0 Å². The van der Waals surface area contributed by atoms with Crippen LogP contribution in [-0.4, -0.2) is 24.8 Å². The molecular weight excluding hydrogens is 196 g/mol. The van der Waals surface area contributed by atoms with E-state index in [4.69, 9.17) is 25.9 Å². The summed E-state index contributed by atoms with van der Waals surface area (Å²) < 4.78 is 9.71. The van der Waals surface area contributed by atoms with Gasteiger partial charge in [0.2, 0.25) is 0 Å². The number of methoxy groups -OCH3 is 1. The Morgan fingerprint density at radius 3 is 2.85 bits per heavy atom. The summed E-state index contributed by atoms with van der Waals surface area (Å²) in [5, 5.41) is 8.96. The van der Waals surface area contributed by atoms with Crippen LogP contribution in [0.5, 0.6) is 0 Å². The second-order valence-corrected chi connectivity index (χ2v) is 2.86. The van der Waals surface area contributed by atoms with Gasteiger partial charge >= 0.3 is 5.97 Å². The first-order chi connectivity index (χ1) is 6.15. The van der Waals surface area contributed by atoms with Crippen molar-refractivity contribution in [3.05, 3.63) is 23.1 Å². The maximum Gasteiger partial charge on any atom is 0.316 e. The Hall–Kier alpha value is -1.00. The Kier molecular flexibility index (Phi) is 3.33. The lowest BCUT2D eigenvalue weighted by Gasteiger charge is -2.06. The van der Waals surface area contributed by atoms with Gasteiger partial charge in [0.25, 0.3) is 0 Å². The normalized spacial score (nSPS) is 12.8. The minimum Gasteiger partial charge on any atom is -0.481 e. The van der Waals surface area contributed by atoms with Crippen molar-refractivity contribution >= 4 is 17.6 Å². The van der Waals surface area contributed by atoms with Gasteiger partial charge in [-0.3, -0.25) is 4.79 Å². The minimum absolute atomic E-state index is 0.0686. The molecule has 0 fully saturated rings. The van der Waals surface area contributed by atoms with E-state index in [2.05, 4.69) is 0 Å². The third-order valence-corrected chi connectivity index (χ3v) is 1.77. The predicted molar refractivity (Wildman–Crippen MR) is 46.0 cm³/mol. The van der Waals surface area contributed by atoms with E-state index in [1.165, 1.54) is 19.2 Å². The third-order valence-electron chi connectivity index (χ3n) is 1.57. The number of ether oxygens (including phenoxy) is 1. The topological polar surface area (TPSA) is 59.7 Å². The van der Waals surface area contributed by atoms with Crippen molar-refractivity contribution in [1.82, 2.24) is 0 Å². The molecule has 1 aromatic heterocycles. The van der Waals surface area contributed by atoms with E-state index in [0.717, 1.165) is 0 Å². The molecule has 0 spiro atoms.